The third-order valence-electron chi connectivity index (χ3n) is 5.38. The van der Waals surface area contributed by atoms with Crippen LogP contribution >= 0.6 is 0 Å². The summed E-state index contributed by atoms with van der Waals surface area (Å²) in [6.07, 6.45) is 4.46. The van der Waals surface area contributed by atoms with E-state index in [0.29, 0.717) is 40.7 Å². The molecule has 3 aromatic rings. The van der Waals surface area contributed by atoms with E-state index >= 15 is 0 Å². The van der Waals surface area contributed by atoms with E-state index in [0.717, 1.165) is 10.9 Å². The van der Waals surface area contributed by atoms with Crippen LogP contribution in [0.3, 0.4) is 0 Å². The van der Waals surface area contributed by atoms with Crippen molar-refractivity contribution in [3.8, 4) is 5.75 Å². The van der Waals surface area contributed by atoms with E-state index in [1.165, 1.54) is 13.2 Å². The van der Waals surface area contributed by atoms with E-state index in [4.69, 9.17) is 16.0 Å². The number of hydrazine groups is 1. The van der Waals surface area contributed by atoms with Crippen LogP contribution < -0.4 is 31.5 Å². The van der Waals surface area contributed by atoms with Gasteiger partial charge in [0.15, 0.2) is 0 Å². The van der Waals surface area contributed by atoms with Crippen LogP contribution in [0, 0.1) is 5.41 Å². The van der Waals surface area contributed by atoms with Crippen LogP contribution in [0.15, 0.2) is 61.1 Å². The molecule has 0 radical (unpaired) electrons. The number of allylic oxidation sites excluding steroid dienone is 1. The molecule has 0 aliphatic rings. The molecule has 35 heavy (non-hydrogen) atoms. The van der Waals surface area contributed by atoms with Crippen molar-refractivity contribution >= 4 is 39.6 Å². The predicted molar refractivity (Wildman–Crippen MR) is 139 cm³/mol. The SMILES string of the molecule is C=CC(=O)Nc1cc(N/C(=C/C(=N)c2ccc3c(cnn3C)c2)NN)c(OC)cc1N(C)CCO. The minimum atomic E-state index is -0.389. The Morgan fingerprint density at radius 3 is 2.74 bits per heavy atom. The second kappa shape index (κ2) is 11.2. The van der Waals surface area contributed by atoms with Gasteiger partial charge in [-0.25, -0.2) is 5.84 Å². The molecule has 0 saturated carbocycles. The van der Waals surface area contributed by atoms with Gasteiger partial charge < -0.3 is 36.2 Å². The molecule has 11 heteroatoms. The van der Waals surface area contributed by atoms with Crippen molar-refractivity contribution in [2.24, 2.45) is 12.9 Å². The summed E-state index contributed by atoms with van der Waals surface area (Å²) in [5, 5.41) is 28.9. The van der Waals surface area contributed by atoms with Crippen LogP contribution in [0.2, 0.25) is 0 Å². The standard InChI is InChI=1S/C24H30N8O3/c1-5-24(34)29-18-12-19(22(35-4)13-21(18)31(2)8-9-33)28-23(30-26)11-17(25)15-6-7-20-16(10-15)14-27-32(20)3/h5-7,10-14,25,28,30,33H,1,8-9,26H2,2-4H3,(H,29,34)/b23-11-,25-17?. The average Bonchev–Trinajstić information content (AvgIpc) is 3.23. The number of amides is 1. The lowest BCUT2D eigenvalue weighted by molar-refractivity contribution is -0.111. The number of ether oxygens (including phenoxy) is 1. The summed E-state index contributed by atoms with van der Waals surface area (Å²) in [5.74, 6) is 6.15. The number of nitrogens with zero attached hydrogens (tertiary/aromatic N) is 3. The smallest absolute Gasteiger partial charge is 0.247 e. The summed E-state index contributed by atoms with van der Waals surface area (Å²) in [4.78, 5) is 13.8. The highest BCUT2D eigenvalue weighted by Crippen LogP contribution is 2.37. The zero-order chi connectivity index (χ0) is 25.5. The van der Waals surface area contributed by atoms with Crippen molar-refractivity contribution in [1.82, 2.24) is 15.2 Å². The molecule has 1 aromatic heterocycles. The Morgan fingerprint density at radius 1 is 1.31 bits per heavy atom. The number of anilines is 3. The van der Waals surface area contributed by atoms with Gasteiger partial charge in [-0.05, 0) is 24.3 Å². The number of carbonyl (C=O) groups excluding carboxylic acids is 1. The summed E-state index contributed by atoms with van der Waals surface area (Å²) < 4.78 is 7.31. The van der Waals surface area contributed by atoms with E-state index in [1.54, 1.807) is 41.0 Å². The first-order valence-corrected chi connectivity index (χ1v) is 10.7. The fourth-order valence-electron chi connectivity index (χ4n) is 3.52. The fourth-order valence-corrected chi connectivity index (χ4v) is 3.52. The molecule has 184 valence electrons. The Bertz CT molecular complexity index is 1280. The van der Waals surface area contributed by atoms with Gasteiger partial charge in [0.2, 0.25) is 5.91 Å². The number of nitrogens with one attached hydrogen (secondary N) is 4. The monoisotopic (exact) mass is 478 g/mol. The number of aryl methyl sites for hydroxylation is 1. The minimum absolute atomic E-state index is 0.0649. The quantitative estimate of drug-likeness (QED) is 0.106. The molecule has 0 saturated heterocycles. The normalized spacial score (nSPS) is 11.2. The fraction of sp³-hybridized carbons (Fsp3) is 0.208. The van der Waals surface area contributed by atoms with Gasteiger partial charge in [0, 0.05) is 43.7 Å². The number of aromatic nitrogens is 2. The van der Waals surface area contributed by atoms with E-state index in [2.05, 4.69) is 27.7 Å². The van der Waals surface area contributed by atoms with E-state index in [-0.39, 0.29) is 18.2 Å². The molecule has 11 nitrogen and oxygen atoms in total. The molecule has 0 spiro atoms. The molecular weight excluding hydrogens is 448 g/mol. The number of aliphatic hydroxyl groups is 1. The number of methoxy groups -OCH3 is 1. The number of hydrogen-bond acceptors (Lipinski definition) is 9. The first-order valence-electron chi connectivity index (χ1n) is 10.7. The van der Waals surface area contributed by atoms with Crippen LogP contribution in [0.25, 0.3) is 10.9 Å². The van der Waals surface area contributed by atoms with Crippen LogP contribution in [-0.2, 0) is 11.8 Å². The lowest BCUT2D eigenvalue weighted by atomic mass is 10.1. The highest BCUT2D eigenvalue weighted by Gasteiger charge is 2.16. The molecule has 0 aliphatic heterocycles. The lowest BCUT2D eigenvalue weighted by Gasteiger charge is -2.24. The number of fused-ring (bicyclic) bond motifs is 1. The van der Waals surface area contributed by atoms with Gasteiger partial charge in [0.05, 0.1) is 48.2 Å². The van der Waals surface area contributed by atoms with Crippen molar-refractivity contribution in [3.05, 3.63) is 66.6 Å². The van der Waals surface area contributed by atoms with Crippen LogP contribution in [0.4, 0.5) is 17.1 Å². The number of rotatable bonds is 11. The maximum atomic E-state index is 12.0. The summed E-state index contributed by atoms with van der Waals surface area (Å²) in [7, 11) is 5.16. The molecule has 7 N–H and O–H groups in total. The second-order valence-electron chi connectivity index (χ2n) is 7.69. The zero-order valence-corrected chi connectivity index (χ0v) is 19.9. The largest absolute Gasteiger partial charge is 0.494 e. The Labute approximate surface area is 203 Å². The molecular formula is C24H30N8O3. The minimum Gasteiger partial charge on any atom is -0.494 e. The van der Waals surface area contributed by atoms with Crippen LogP contribution in [0.5, 0.6) is 5.75 Å². The first-order chi connectivity index (χ1) is 16.8. The lowest BCUT2D eigenvalue weighted by Crippen LogP contribution is -2.27. The van der Waals surface area contributed by atoms with Gasteiger partial charge in [0.1, 0.15) is 11.6 Å². The highest BCUT2D eigenvalue weighted by molar-refractivity contribution is 6.09. The van der Waals surface area contributed by atoms with Gasteiger partial charge in [-0.3, -0.25) is 9.48 Å². The number of carbonyl (C=O) groups is 1. The first kappa shape index (κ1) is 25.3. The predicted octanol–water partition coefficient (Wildman–Crippen LogP) is 1.92. The van der Waals surface area contributed by atoms with E-state index < -0.39 is 0 Å². The summed E-state index contributed by atoms with van der Waals surface area (Å²) >= 11 is 0. The molecule has 2 aromatic carbocycles. The van der Waals surface area contributed by atoms with E-state index in [1.807, 2.05) is 25.2 Å². The molecule has 0 fully saturated rings. The zero-order valence-electron chi connectivity index (χ0n) is 19.9. The topological polar surface area (TPSA) is 154 Å². The molecule has 1 heterocycles. The molecule has 0 atom stereocenters. The molecule has 0 unspecified atom stereocenters. The number of benzene rings is 2. The number of nitrogens with two attached hydrogens (primary N) is 1. The number of aliphatic hydroxyl groups excluding tert-OH is 1. The van der Waals surface area contributed by atoms with Crippen molar-refractivity contribution in [3.63, 3.8) is 0 Å². The number of hydrogen-bond donors (Lipinski definition) is 6. The Morgan fingerprint density at radius 2 is 2.09 bits per heavy atom. The third-order valence-corrected chi connectivity index (χ3v) is 5.38. The van der Waals surface area contributed by atoms with Crippen LogP contribution in [0.1, 0.15) is 5.56 Å². The maximum absolute atomic E-state index is 12.0. The average molecular weight is 479 g/mol. The summed E-state index contributed by atoms with van der Waals surface area (Å²) in [5.41, 5.74) is 6.04. The van der Waals surface area contributed by atoms with Gasteiger partial charge in [0.25, 0.3) is 0 Å². The highest BCUT2D eigenvalue weighted by atomic mass is 16.5. The Kier molecular flexibility index (Phi) is 8.08. The maximum Gasteiger partial charge on any atom is 0.247 e. The molecule has 3 rings (SSSR count). The van der Waals surface area contributed by atoms with Crippen molar-refractivity contribution < 1.29 is 14.6 Å². The summed E-state index contributed by atoms with van der Waals surface area (Å²) in [6, 6.07) is 9.03. The van der Waals surface area contributed by atoms with Crippen molar-refractivity contribution in [1.29, 1.82) is 5.41 Å². The second-order valence-corrected chi connectivity index (χ2v) is 7.69. The molecule has 0 bridgehead atoms. The Balaban J connectivity index is 1.95. The Hall–Kier alpha value is -4.35. The molecule has 1 amide bonds. The van der Waals surface area contributed by atoms with Crippen LogP contribution in [-0.4, -0.2) is 53.8 Å². The van der Waals surface area contributed by atoms with Crippen molar-refractivity contribution in [2.45, 2.75) is 0 Å². The van der Waals surface area contributed by atoms with Crippen molar-refractivity contribution in [2.75, 3.05) is 42.8 Å². The molecule has 0 aliphatic carbocycles. The van der Waals surface area contributed by atoms with Gasteiger partial charge in [-0.15, -0.1) is 0 Å². The summed E-state index contributed by atoms with van der Waals surface area (Å²) in [6.45, 7) is 3.78. The van der Waals surface area contributed by atoms with Gasteiger partial charge in [-0.2, -0.15) is 5.10 Å². The number of likely N-dealkylation sites (N-methyl/N-ethyl adjacent to an activating group) is 1. The van der Waals surface area contributed by atoms with Gasteiger partial charge in [-0.1, -0.05) is 12.6 Å². The van der Waals surface area contributed by atoms with E-state index in [9.17, 15) is 9.90 Å². The third kappa shape index (κ3) is 5.78. The van der Waals surface area contributed by atoms with Gasteiger partial charge >= 0.3 is 0 Å².